The lowest BCUT2D eigenvalue weighted by Gasteiger charge is -2.32. The largest absolute Gasteiger partial charge is 0.481 e. The van der Waals surface area contributed by atoms with E-state index in [-0.39, 0.29) is 38.6 Å². The van der Waals surface area contributed by atoms with Gasteiger partial charge in [-0.3, -0.25) is 47.9 Å². The van der Waals surface area contributed by atoms with E-state index in [1.54, 1.807) is 44.3 Å². The Kier molecular flexibility index (Phi) is 22.8. The fourth-order valence-electron chi connectivity index (χ4n) is 7.07. The predicted octanol–water partition coefficient (Wildman–Crippen LogP) is -0.695. The molecule has 1 aromatic carbocycles. The fraction of sp³-hybridized carbons (Fsp3) is 0.571. The van der Waals surface area contributed by atoms with Gasteiger partial charge in [0, 0.05) is 52.7 Å². The molecular formula is C42H62N10O12S3. The number of carboxylic acids is 2. The van der Waals surface area contributed by atoms with Crippen molar-refractivity contribution >= 4 is 104 Å². The third-order valence-corrected chi connectivity index (χ3v) is 13.2. The number of benzene rings is 1. The van der Waals surface area contributed by atoms with Crippen LogP contribution in [0.3, 0.4) is 0 Å². The molecule has 6 atom stereocenters. The molecule has 0 unspecified atom stereocenters. The van der Waals surface area contributed by atoms with Gasteiger partial charge in [-0.2, -0.15) is 12.6 Å². The van der Waals surface area contributed by atoms with Crippen molar-refractivity contribution in [2.75, 3.05) is 31.1 Å². The molecule has 0 saturated carbocycles. The van der Waals surface area contributed by atoms with E-state index < -0.39 is 113 Å². The average molecular weight is 995 g/mol. The van der Waals surface area contributed by atoms with Gasteiger partial charge in [0.2, 0.25) is 47.3 Å². The summed E-state index contributed by atoms with van der Waals surface area (Å²) >= 11 is 4.40. The number of primary amides is 1. The van der Waals surface area contributed by atoms with Crippen LogP contribution in [0.15, 0.2) is 30.5 Å². The number of aromatic nitrogens is 1. The maximum Gasteiger partial charge on any atom is 0.305 e. The molecule has 1 fully saturated rings. The zero-order chi connectivity index (χ0) is 49.8. The van der Waals surface area contributed by atoms with Crippen LogP contribution in [0.4, 0.5) is 0 Å². The number of carbonyl (C=O) groups is 10. The van der Waals surface area contributed by atoms with E-state index in [0.717, 1.165) is 10.9 Å². The number of nitrogens with zero attached hydrogens (tertiary/aromatic N) is 1. The quantitative estimate of drug-likeness (QED) is 0.0273. The normalized spacial score (nSPS) is 15.8. The van der Waals surface area contributed by atoms with Crippen molar-refractivity contribution in [2.45, 2.75) is 120 Å². The van der Waals surface area contributed by atoms with E-state index in [9.17, 15) is 53.1 Å². The molecular weight excluding hydrogens is 933 g/mol. The lowest BCUT2D eigenvalue weighted by Crippen LogP contribution is -2.60. The standard InChI is InChI=1S/C42H62N10O12S3/c1-23(47-31(53)13-17-66-67-18-14-33(55)56)37(60)49-27(11-6-7-15-43)38(61)46-22-32(54)48-28(20-34(57)58)39(62)50-29(19-24-21-45-26-10-5-4-9-25(24)26)41(64)52-16-8-12-30(52)40(63)51-35(36(44)59)42(2,3)65/h4-5,9-10,21,23,27-30,35,45,65H,6-8,11-20,22,43H2,1-3H3,(H2,44,59)(H,46,61)(H,47,53)(H,48,54)(H,49,60)(H,50,62)(H,51,63)(H,55,56)(H,57,58)/t23-,27-,28-,29-,30-,35+/m0/s1. The fourth-order valence-corrected chi connectivity index (χ4v) is 9.23. The van der Waals surface area contributed by atoms with Crippen molar-refractivity contribution in [1.82, 2.24) is 41.8 Å². The minimum absolute atomic E-state index is 0.0176. The molecule has 2 heterocycles. The monoisotopic (exact) mass is 994 g/mol. The van der Waals surface area contributed by atoms with Gasteiger partial charge in [0.05, 0.1) is 19.4 Å². The minimum atomic E-state index is -1.75. The Balaban J connectivity index is 1.73. The van der Waals surface area contributed by atoms with Crippen LogP contribution >= 0.6 is 34.2 Å². The van der Waals surface area contributed by atoms with Crippen molar-refractivity contribution in [1.29, 1.82) is 0 Å². The van der Waals surface area contributed by atoms with Crippen molar-refractivity contribution in [2.24, 2.45) is 11.5 Å². The third kappa shape index (κ3) is 18.6. The number of nitrogens with one attached hydrogen (secondary N) is 7. The Morgan fingerprint density at radius 1 is 0.851 bits per heavy atom. The second-order valence-electron chi connectivity index (χ2n) is 16.4. The number of carboxylic acid groups (broad SMARTS) is 2. The Labute approximate surface area is 400 Å². The summed E-state index contributed by atoms with van der Waals surface area (Å²) in [5, 5.41) is 34.2. The van der Waals surface area contributed by atoms with Crippen LogP contribution in [0.2, 0.25) is 0 Å². The maximum atomic E-state index is 14.4. The van der Waals surface area contributed by atoms with Crippen molar-refractivity contribution < 1.29 is 58.2 Å². The number of hydrogen-bond acceptors (Lipinski definition) is 14. The van der Waals surface area contributed by atoms with Crippen LogP contribution in [0.1, 0.15) is 77.7 Å². The summed E-state index contributed by atoms with van der Waals surface area (Å²) in [5.74, 6) is -7.82. The van der Waals surface area contributed by atoms with Crippen molar-refractivity contribution in [3.8, 4) is 0 Å². The molecule has 8 amide bonds. The lowest BCUT2D eigenvalue weighted by atomic mass is 10.0. The second-order valence-corrected chi connectivity index (χ2v) is 20.3. The zero-order valence-electron chi connectivity index (χ0n) is 37.6. The maximum absolute atomic E-state index is 14.4. The highest BCUT2D eigenvalue weighted by atomic mass is 33.1. The molecule has 2 aromatic rings. The Morgan fingerprint density at radius 3 is 2.16 bits per heavy atom. The number of thiol groups is 1. The molecule has 370 valence electrons. The van der Waals surface area contributed by atoms with Crippen LogP contribution in [0.25, 0.3) is 10.9 Å². The van der Waals surface area contributed by atoms with Gasteiger partial charge in [0.1, 0.15) is 36.3 Å². The number of para-hydroxylation sites is 1. The van der Waals surface area contributed by atoms with Gasteiger partial charge < -0.3 is 63.5 Å². The van der Waals surface area contributed by atoms with Crippen molar-refractivity contribution in [3.05, 3.63) is 36.0 Å². The molecule has 0 bridgehead atoms. The van der Waals surface area contributed by atoms with Gasteiger partial charge in [-0.05, 0) is 71.0 Å². The van der Waals surface area contributed by atoms with E-state index >= 15 is 0 Å². The van der Waals surface area contributed by atoms with E-state index in [1.165, 1.54) is 33.4 Å². The van der Waals surface area contributed by atoms with Crippen LogP contribution in [-0.2, 0) is 54.4 Å². The summed E-state index contributed by atoms with van der Waals surface area (Å²) in [6.45, 7) is 4.25. The number of unbranched alkanes of at least 4 members (excludes halogenated alkanes) is 1. The molecule has 3 rings (SSSR count). The van der Waals surface area contributed by atoms with Crippen molar-refractivity contribution in [3.63, 3.8) is 0 Å². The highest BCUT2D eigenvalue weighted by molar-refractivity contribution is 8.76. The number of likely N-dealkylation sites (tertiary alicyclic amines) is 1. The molecule has 0 aliphatic carbocycles. The third-order valence-electron chi connectivity index (χ3n) is 10.5. The molecule has 1 aliphatic rings. The van der Waals surface area contributed by atoms with Gasteiger partial charge >= 0.3 is 11.9 Å². The molecule has 22 nitrogen and oxygen atoms in total. The van der Waals surface area contributed by atoms with Gasteiger partial charge in [-0.25, -0.2) is 0 Å². The number of hydrogen-bond donors (Lipinski definition) is 12. The molecule has 1 saturated heterocycles. The van der Waals surface area contributed by atoms with Crippen LogP contribution in [-0.4, -0.2) is 151 Å². The van der Waals surface area contributed by atoms with Gasteiger partial charge in [0.15, 0.2) is 0 Å². The highest BCUT2D eigenvalue weighted by Gasteiger charge is 2.41. The van der Waals surface area contributed by atoms with Crippen LogP contribution < -0.4 is 43.4 Å². The van der Waals surface area contributed by atoms with E-state index in [4.69, 9.17) is 16.6 Å². The molecule has 0 spiro atoms. The van der Waals surface area contributed by atoms with Crippen LogP contribution in [0.5, 0.6) is 0 Å². The number of carbonyl (C=O) groups excluding carboxylic acids is 8. The molecule has 1 aromatic heterocycles. The Morgan fingerprint density at radius 2 is 1.52 bits per heavy atom. The Hall–Kier alpha value is -5.53. The molecule has 13 N–H and O–H groups in total. The second kappa shape index (κ2) is 27.3. The van der Waals surface area contributed by atoms with E-state index in [0.29, 0.717) is 42.9 Å². The topological polar surface area (TPSA) is 354 Å². The average Bonchev–Trinajstić information content (AvgIpc) is 3.92. The predicted molar refractivity (Wildman–Crippen MR) is 254 cm³/mol. The number of H-pyrrole nitrogens is 1. The Bertz CT molecular complexity index is 2100. The van der Waals surface area contributed by atoms with Gasteiger partial charge in [-0.1, -0.05) is 39.8 Å². The van der Waals surface area contributed by atoms with E-state index in [2.05, 4.69) is 49.5 Å². The smallest absolute Gasteiger partial charge is 0.305 e. The number of aliphatic carboxylic acids is 2. The summed E-state index contributed by atoms with van der Waals surface area (Å²) in [7, 11) is 2.62. The first-order valence-electron chi connectivity index (χ1n) is 21.7. The molecule has 25 heteroatoms. The first-order valence-corrected chi connectivity index (χ1v) is 24.6. The van der Waals surface area contributed by atoms with E-state index in [1.807, 2.05) is 0 Å². The summed E-state index contributed by atoms with van der Waals surface area (Å²) < 4.78 is -1.05. The van der Waals surface area contributed by atoms with Gasteiger partial charge in [0.25, 0.3) is 0 Å². The number of fused-ring (bicyclic) bond motifs is 1. The molecule has 1 aliphatic heterocycles. The van der Waals surface area contributed by atoms with Gasteiger partial charge in [-0.15, -0.1) is 0 Å². The lowest BCUT2D eigenvalue weighted by molar-refractivity contribution is -0.143. The number of rotatable bonds is 29. The summed E-state index contributed by atoms with van der Waals surface area (Å²) in [5.41, 5.74) is 12.5. The minimum Gasteiger partial charge on any atom is -0.481 e. The summed E-state index contributed by atoms with van der Waals surface area (Å²) in [6.07, 6.45) is 2.27. The highest BCUT2D eigenvalue weighted by Crippen LogP contribution is 2.25. The summed E-state index contributed by atoms with van der Waals surface area (Å²) in [6, 6.07) is -0.444. The van der Waals surface area contributed by atoms with Crippen LogP contribution in [0, 0.1) is 0 Å². The first-order chi connectivity index (χ1) is 31.6. The number of aromatic amines is 1. The molecule has 67 heavy (non-hydrogen) atoms. The SMILES string of the molecule is C[C@H](NC(=O)CCSSCCC(=O)O)C(=O)N[C@@H](CCCCN)C(=O)NCC(=O)N[C@@H](CC(=O)O)C(=O)N[C@@H](Cc1c[nH]c2ccccc12)C(=O)N1CCC[C@H]1C(=O)N[C@H](C(N)=O)C(C)(C)S. The number of amides is 8. The first kappa shape index (κ1) is 55.8. The summed E-state index contributed by atoms with van der Waals surface area (Å²) in [4.78, 5) is 133. The molecule has 0 radical (unpaired) electrons. The number of nitrogens with two attached hydrogens (primary N) is 2. The zero-order valence-corrected chi connectivity index (χ0v) is 40.1.